The van der Waals surface area contributed by atoms with Crippen LogP contribution in [0.15, 0.2) is 18.2 Å². The molecule has 0 spiro atoms. The van der Waals surface area contributed by atoms with Crippen molar-refractivity contribution in [3.8, 4) is 0 Å². The Morgan fingerprint density at radius 1 is 1.50 bits per heavy atom. The fourth-order valence-corrected chi connectivity index (χ4v) is 3.73. The van der Waals surface area contributed by atoms with Gasteiger partial charge in [-0.2, -0.15) is 0 Å². The maximum Gasteiger partial charge on any atom is 0.283 e. The number of amides is 1. The number of thiazole rings is 1. The molecule has 2 aromatic rings. The van der Waals surface area contributed by atoms with E-state index in [1.165, 1.54) is 23.5 Å². The molecule has 0 radical (unpaired) electrons. The number of hydrogen-bond acceptors (Lipinski definition) is 6. The molecule has 3 N–H and O–H groups in total. The van der Waals surface area contributed by atoms with Crippen LogP contribution < -0.4 is 11.1 Å². The zero-order valence-corrected chi connectivity index (χ0v) is 14.7. The van der Waals surface area contributed by atoms with Gasteiger partial charge in [-0.05, 0) is 31.4 Å². The second-order valence-electron chi connectivity index (χ2n) is 5.26. The van der Waals surface area contributed by atoms with Crippen molar-refractivity contribution in [2.45, 2.75) is 25.3 Å². The summed E-state index contributed by atoms with van der Waals surface area (Å²) in [7, 11) is 0. The van der Waals surface area contributed by atoms with Gasteiger partial charge < -0.3 is 5.73 Å². The maximum atomic E-state index is 12.3. The number of hydrogen-bond donors (Lipinski definition) is 2. The van der Waals surface area contributed by atoms with Crippen LogP contribution in [0.5, 0.6) is 0 Å². The highest BCUT2D eigenvalue weighted by molar-refractivity contribution is 7.15. The molecule has 1 aliphatic rings. The Hall–Kier alpha value is -1.74. The van der Waals surface area contributed by atoms with Crippen molar-refractivity contribution in [1.82, 2.24) is 4.98 Å². The molecule has 0 saturated heterocycles. The summed E-state index contributed by atoms with van der Waals surface area (Å²) in [6, 6.07) is 4.04. The molecule has 10 heteroatoms. The highest BCUT2D eigenvalue weighted by atomic mass is 35.5. The van der Waals surface area contributed by atoms with Gasteiger partial charge in [-0.3, -0.25) is 20.2 Å². The van der Waals surface area contributed by atoms with E-state index in [1.807, 2.05) is 0 Å². The maximum absolute atomic E-state index is 12.3. The summed E-state index contributed by atoms with van der Waals surface area (Å²) in [6.07, 6.45) is 2.39. The number of nitro benzene ring substituents is 1. The Labute approximate surface area is 152 Å². The van der Waals surface area contributed by atoms with E-state index in [9.17, 15) is 14.9 Å². The van der Waals surface area contributed by atoms with Crippen LogP contribution in [0, 0.1) is 10.1 Å². The average molecular weight is 389 g/mol. The Morgan fingerprint density at radius 2 is 2.25 bits per heavy atom. The number of anilines is 1. The molecule has 0 fully saturated rings. The van der Waals surface area contributed by atoms with Crippen molar-refractivity contribution in [3.05, 3.63) is 49.5 Å². The molecule has 1 heterocycles. The Balaban J connectivity index is 0.00000208. The van der Waals surface area contributed by atoms with E-state index in [4.69, 9.17) is 17.3 Å². The summed E-state index contributed by atoms with van der Waals surface area (Å²) in [5.41, 5.74) is 6.48. The van der Waals surface area contributed by atoms with Gasteiger partial charge in [0.05, 0.1) is 10.6 Å². The average Bonchev–Trinajstić information content (AvgIpc) is 2.88. The number of aryl methyl sites for hydroxylation is 1. The molecule has 24 heavy (non-hydrogen) atoms. The van der Waals surface area contributed by atoms with E-state index < -0.39 is 10.8 Å². The predicted octanol–water partition coefficient (Wildman–Crippen LogP) is 3.19. The normalized spacial score (nSPS) is 16.0. The zero-order valence-electron chi connectivity index (χ0n) is 12.3. The van der Waals surface area contributed by atoms with Crippen LogP contribution in [0.25, 0.3) is 0 Å². The molecule has 0 unspecified atom stereocenters. The van der Waals surface area contributed by atoms with Crippen molar-refractivity contribution in [1.29, 1.82) is 0 Å². The van der Waals surface area contributed by atoms with E-state index in [0.29, 0.717) is 5.13 Å². The number of aromatic nitrogens is 1. The second kappa shape index (κ2) is 7.43. The first-order valence-electron chi connectivity index (χ1n) is 6.93. The van der Waals surface area contributed by atoms with Crippen LogP contribution in [-0.2, 0) is 12.8 Å². The van der Waals surface area contributed by atoms with E-state index in [0.717, 1.165) is 35.9 Å². The number of nitro groups is 1. The number of nitrogens with zero attached hydrogens (tertiary/aromatic N) is 2. The Kier molecular flexibility index (Phi) is 5.76. The summed E-state index contributed by atoms with van der Waals surface area (Å²) in [6.45, 7) is 0. The largest absolute Gasteiger partial charge is 0.327 e. The smallest absolute Gasteiger partial charge is 0.283 e. The van der Waals surface area contributed by atoms with Crippen LogP contribution in [0.4, 0.5) is 10.8 Å². The first kappa shape index (κ1) is 18.6. The van der Waals surface area contributed by atoms with Crippen molar-refractivity contribution < 1.29 is 9.72 Å². The van der Waals surface area contributed by atoms with Crippen molar-refractivity contribution in [2.75, 3.05) is 5.32 Å². The van der Waals surface area contributed by atoms with E-state index in [2.05, 4.69) is 10.3 Å². The topological polar surface area (TPSA) is 111 Å². The lowest BCUT2D eigenvalue weighted by molar-refractivity contribution is -0.385. The van der Waals surface area contributed by atoms with Gasteiger partial charge in [-0.1, -0.05) is 11.6 Å². The van der Waals surface area contributed by atoms with Gasteiger partial charge in [0.1, 0.15) is 5.56 Å². The molecule has 0 bridgehead atoms. The second-order valence-corrected chi connectivity index (χ2v) is 6.78. The van der Waals surface area contributed by atoms with Crippen LogP contribution >= 0.6 is 35.3 Å². The van der Waals surface area contributed by atoms with Crippen LogP contribution in [0.3, 0.4) is 0 Å². The lowest BCUT2D eigenvalue weighted by Gasteiger charge is -2.15. The summed E-state index contributed by atoms with van der Waals surface area (Å²) < 4.78 is 0. The molecular weight excluding hydrogens is 375 g/mol. The molecular formula is C14H14Cl2N4O3S. The SMILES string of the molecule is Cl.N[C@H]1CCc2nc(NC(=O)c3ccc(Cl)cc3[N+](=O)[O-])sc2C1. The molecule has 1 amide bonds. The molecule has 7 nitrogen and oxygen atoms in total. The molecule has 3 rings (SSSR count). The quantitative estimate of drug-likeness (QED) is 0.619. The number of nitrogens with two attached hydrogens (primary N) is 1. The molecule has 1 aliphatic carbocycles. The standard InChI is InChI=1S/C14H13ClN4O3S.ClH/c15-7-1-3-9(11(5-7)19(21)22)13(20)18-14-17-10-4-2-8(16)6-12(10)23-14;/h1,3,5,8H,2,4,6,16H2,(H,17,18,20);1H/t8-;/m0./s1. The van der Waals surface area contributed by atoms with Crippen LogP contribution in [0.2, 0.25) is 5.02 Å². The number of nitrogens with one attached hydrogen (secondary N) is 1. The van der Waals surface area contributed by atoms with Gasteiger partial charge in [0.25, 0.3) is 11.6 Å². The molecule has 128 valence electrons. The summed E-state index contributed by atoms with van der Waals surface area (Å²) >= 11 is 7.11. The lowest BCUT2D eigenvalue weighted by atomic mass is 9.99. The van der Waals surface area contributed by atoms with Crippen LogP contribution in [0.1, 0.15) is 27.3 Å². The highest BCUT2D eigenvalue weighted by Crippen LogP contribution is 2.30. The highest BCUT2D eigenvalue weighted by Gasteiger charge is 2.24. The lowest BCUT2D eigenvalue weighted by Crippen LogP contribution is -2.27. The van der Waals surface area contributed by atoms with Gasteiger partial charge in [-0.15, -0.1) is 23.7 Å². The minimum Gasteiger partial charge on any atom is -0.327 e. The number of halogens is 2. The van der Waals surface area contributed by atoms with Crippen molar-refractivity contribution >= 4 is 52.1 Å². The summed E-state index contributed by atoms with van der Waals surface area (Å²) in [5.74, 6) is -0.580. The third-order valence-electron chi connectivity index (χ3n) is 3.60. The van der Waals surface area contributed by atoms with E-state index in [1.54, 1.807) is 0 Å². The molecule has 1 aromatic heterocycles. The van der Waals surface area contributed by atoms with E-state index in [-0.39, 0.29) is 34.7 Å². The zero-order chi connectivity index (χ0) is 16.6. The van der Waals surface area contributed by atoms with E-state index >= 15 is 0 Å². The molecule has 1 atom stereocenters. The summed E-state index contributed by atoms with van der Waals surface area (Å²) in [5, 5.41) is 14.3. The first-order valence-corrected chi connectivity index (χ1v) is 8.13. The fraction of sp³-hybridized carbons (Fsp3) is 0.286. The Bertz CT molecular complexity index is 796. The molecule has 1 aromatic carbocycles. The fourth-order valence-electron chi connectivity index (χ4n) is 2.47. The van der Waals surface area contributed by atoms with Crippen molar-refractivity contribution in [3.63, 3.8) is 0 Å². The van der Waals surface area contributed by atoms with Crippen molar-refractivity contribution in [2.24, 2.45) is 5.73 Å². The van der Waals surface area contributed by atoms with Gasteiger partial charge in [-0.25, -0.2) is 4.98 Å². The van der Waals surface area contributed by atoms with Gasteiger partial charge in [0, 0.05) is 22.0 Å². The minimum absolute atomic E-state index is 0. The monoisotopic (exact) mass is 388 g/mol. The molecule has 0 aliphatic heterocycles. The third kappa shape index (κ3) is 3.84. The summed E-state index contributed by atoms with van der Waals surface area (Å²) in [4.78, 5) is 28.2. The number of carbonyl (C=O) groups excluding carboxylic acids is 1. The first-order chi connectivity index (χ1) is 10.9. The minimum atomic E-state index is -0.632. The third-order valence-corrected chi connectivity index (χ3v) is 4.87. The van der Waals surface area contributed by atoms with Gasteiger partial charge in [0.15, 0.2) is 5.13 Å². The predicted molar refractivity (Wildman–Crippen MR) is 95.4 cm³/mol. The van der Waals surface area contributed by atoms with Gasteiger partial charge in [0.2, 0.25) is 0 Å². The van der Waals surface area contributed by atoms with Crippen LogP contribution in [-0.4, -0.2) is 21.9 Å². The molecule has 0 saturated carbocycles. The Morgan fingerprint density at radius 3 is 2.96 bits per heavy atom. The number of rotatable bonds is 3. The number of benzene rings is 1. The van der Waals surface area contributed by atoms with Gasteiger partial charge >= 0.3 is 0 Å². The number of carbonyl (C=O) groups is 1. The number of fused-ring (bicyclic) bond motifs is 1.